The molecule has 5 heteroatoms. The molecule has 0 unspecified atom stereocenters. The van der Waals surface area contributed by atoms with Crippen LogP contribution in [0.1, 0.15) is 28.2 Å². The summed E-state index contributed by atoms with van der Waals surface area (Å²) in [6.07, 6.45) is 2.06. The summed E-state index contributed by atoms with van der Waals surface area (Å²) < 4.78 is 1.89. The molecule has 0 bridgehead atoms. The van der Waals surface area contributed by atoms with Gasteiger partial charge in [0.25, 0.3) is 0 Å². The van der Waals surface area contributed by atoms with E-state index in [0.717, 1.165) is 33.9 Å². The molecule has 2 aromatic heterocycles. The fourth-order valence-corrected chi connectivity index (χ4v) is 2.86. The van der Waals surface area contributed by atoms with E-state index in [0.29, 0.717) is 13.0 Å². The molecule has 25 heavy (non-hydrogen) atoms. The van der Waals surface area contributed by atoms with E-state index in [4.69, 9.17) is 0 Å². The van der Waals surface area contributed by atoms with E-state index in [9.17, 15) is 4.79 Å². The smallest absolute Gasteiger partial charge is 0.224 e. The van der Waals surface area contributed by atoms with Gasteiger partial charge in [-0.25, -0.2) is 4.68 Å². The summed E-state index contributed by atoms with van der Waals surface area (Å²) in [7, 11) is 0. The van der Waals surface area contributed by atoms with Crippen molar-refractivity contribution in [1.29, 1.82) is 0 Å². The van der Waals surface area contributed by atoms with Crippen molar-refractivity contribution in [2.24, 2.45) is 0 Å². The molecular weight excluding hydrogens is 312 g/mol. The first-order valence-electron chi connectivity index (χ1n) is 8.34. The molecule has 0 spiro atoms. The number of aryl methyl sites for hydroxylation is 2. The lowest BCUT2D eigenvalue weighted by Gasteiger charge is -2.08. The summed E-state index contributed by atoms with van der Waals surface area (Å²) >= 11 is 0. The lowest BCUT2D eigenvalue weighted by atomic mass is 10.1. The van der Waals surface area contributed by atoms with Crippen LogP contribution in [0.25, 0.3) is 5.69 Å². The zero-order valence-corrected chi connectivity index (χ0v) is 14.8. The molecule has 0 aliphatic heterocycles. The number of aromatic nitrogens is 3. The Morgan fingerprint density at radius 2 is 1.84 bits per heavy atom. The summed E-state index contributed by atoms with van der Waals surface area (Å²) in [6, 6.07) is 13.8. The Balaban J connectivity index is 1.72. The first kappa shape index (κ1) is 16.9. The Labute approximate surface area is 147 Å². The Kier molecular flexibility index (Phi) is 4.93. The quantitative estimate of drug-likeness (QED) is 0.780. The molecule has 0 saturated carbocycles. The van der Waals surface area contributed by atoms with Crippen molar-refractivity contribution in [2.45, 2.75) is 33.7 Å². The summed E-state index contributed by atoms with van der Waals surface area (Å²) in [5, 5.41) is 7.54. The molecule has 3 aromatic rings. The van der Waals surface area contributed by atoms with Crippen molar-refractivity contribution in [3.63, 3.8) is 0 Å². The number of pyridine rings is 1. The third-order valence-electron chi connectivity index (χ3n) is 4.35. The summed E-state index contributed by atoms with van der Waals surface area (Å²) in [5.74, 6) is -0.0242. The van der Waals surface area contributed by atoms with Crippen molar-refractivity contribution in [3.8, 4) is 5.69 Å². The molecule has 0 aliphatic carbocycles. The molecule has 3 rings (SSSR count). The fraction of sp³-hybridized carbons (Fsp3) is 0.250. The zero-order valence-electron chi connectivity index (χ0n) is 14.8. The van der Waals surface area contributed by atoms with E-state index in [1.54, 1.807) is 6.20 Å². The van der Waals surface area contributed by atoms with Gasteiger partial charge in [-0.15, -0.1) is 0 Å². The first-order chi connectivity index (χ1) is 12.1. The second kappa shape index (κ2) is 7.30. The Bertz CT molecular complexity index is 884. The van der Waals surface area contributed by atoms with Crippen molar-refractivity contribution in [2.75, 3.05) is 0 Å². The topological polar surface area (TPSA) is 59.8 Å². The van der Waals surface area contributed by atoms with Gasteiger partial charge in [-0.05, 0) is 44.5 Å². The van der Waals surface area contributed by atoms with Crippen molar-refractivity contribution in [1.82, 2.24) is 20.1 Å². The zero-order chi connectivity index (χ0) is 17.8. The number of nitrogens with one attached hydrogen (secondary N) is 1. The standard InChI is InChI=1S/C20H22N4O/c1-14-8-7-11-21-19(14)13-22-20(25)12-18-15(2)23-24(16(18)3)17-9-5-4-6-10-17/h4-11H,12-13H2,1-3H3,(H,22,25). The van der Waals surface area contributed by atoms with Gasteiger partial charge in [-0.1, -0.05) is 24.3 Å². The molecule has 128 valence electrons. The van der Waals surface area contributed by atoms with Gasteiger partial charge in [0.1, 0.15) is 0 Å². The number of hydrogen-bond acceptors (Lipinski definition) is 3. The molecule has 0 saturated heterocycles. The third-order valence-corrected chi connectivity index (χ3v) is 4.35. The van der Waals surface area contributed by atoms with Crippen LogP contribution in [0, 0.1) is 20.8 Å². The normalized spacial score (nSPS) is 10.7. The minimum Gasteiger partial charge on any atom is -0.350 e. The van der Waals surface area contributed by atoms with E-state index in [2.05, 4.69) is 15.4 Å². The minimum atomic E-state index is -0.0242. The number of amides is 1. The van der Waals surface area contributed by atoms with Gasteiger partial charge in [-0.3, -0.25) is 9.78 Å². The molecule has 0 fully saturated rings. The van der Waals surface area contributed by atoms with Crippen molar-refractivity contribution < 1.29 is 4.79 Å². The second-order valence-corrected chi connectivity index (χ2v) is 6.12. The number of benzene rings is 1. The number of rotatable bonds is 5. The highest BCUT2D eigenvalue weighted by molar-refractivity contribution is 5.79. The maximum Gasteiger partial charge on any atom is 0.224 e. The maximum absolute atomic E-state index is 12.4. The minimum absolute atomic E-state index is 0.0242. The molecule has 1 aromatic carbocycles. The largest absolute Gasteiger partial charge is 0.350 e. The van der Waals surface area contributed by atoms with Gasteiger partial charge in [0, 0.05) is 17.5 Å². The van der Waals surface area contributed by atoms with Crippen LogP contribution in [0.2, 0.25) is 0 Å². The van der Waals surface area contributed by atoms with Crippen LogP contribution >= 0.6 is 0 Å². The number of para-hydroxylation sites is 1. The van der Waals surface area contributed by atoms with E-state index in [1.165, 1.54) is 0 Å². The van der Waals surface area contributed by atoms with E-state index in [-0.39, 0.29) is 5.91 Å². The highest BCUT2D eigenvalue weighted by Crippen LogP contribution is 2.18. The SMILES string of the molecule is Cc1cccnc1CNC(=O)Cc1c(C)nn(-c2ccccc2)c1C. The van der Waals surface area contributed by atoms with E-state index in [1.807, 2.05) is 67.9 Å². The number of carbonyl (C=O) groups excluding carboxylic acids is 1. The predicted molar refractivity (Wildman–Crippen MR) is 97.6 cm³/mol. The number of hydrogen-bond donors (Lipinski definition) is 1. The molecule has 1 N–H and O–H groups in total. The Morgan fingerprint density at radius 3 is 2.56 bits per heavy atom. The number of carbonyl (C=O) groups is 1. The van der Waals surface area contributed by atoms with Gasteiger partial charge in [-0.2, -0.15) is 5.10 Å². The van der Waals surface area contributed by atoms with Crippen LogP contribution in [-0.4, -0.2) is 20.7 Å². The highest BCUT2D eigenvalue weighted by Gasteiger charge is 2.16. The van der Waals surface area contributed by atoms with E-state index < -0.39 is 0 Å². The van der Waals surface area contributed by atoms with Crippen molar-refractivity contribution in [3.05, 3.63) is 76.9 Å². The first-order valence-corrected chi connectivity index (χ1v) is 8.34. The van der Waals surface area contributed by atoms with E-state index >= 15 is 0 Å². The molecular formula is C20H22N4O. The molecule has 2 heterocycles. The summed E-state index contributed by atoms with van der Waals surface area (Å²) in [5.41, 5.74) is 5.81. The summed E-state index contributed by atoms with van der Waals surface area (Å²) in [6.45, 7) is 6.37. The Morgan fingerprint density at radius 1 is 1.08 bits per heavy atom. The lowest BCUT2D eigenvalue weighted by Crippen LogP contribution is -2.25. The van der Waals surface area contributed by atoms with Gasteiger partial charge >= 0.3 is 0 Å². The van der Waals surface area contributed by atoms with Gasteiger partial charge in [0.15, 0.2) is 0 Å². The average molecular weight is 334 g/mol. The van der Waals surface area contributed by atoms with Crippen molar-refractivity contribution >= 4 is 5.91 Å². The highest BCUT2D eigenvalue weighted by atomic mass is 16.1. The van der Waals surface area contributed by atoms with Gasteiger partial charge in [0.2, 0.25) is 5.91 Å². The fourth-order valence-electron chi connectivity index (χ4n) is 2.86. The molecule has 0 radical (unpaired) electrons. The predicted octanol–water partition coefficient (Wildman–Crippen LogP) is 3.05. The monoisotopic (exact) mass is 334 g/mol. The molecule has 0 atom stereocenters. The van der Waals surface area contributed by atoms with Crippen LogP contribution < -0.4 is 5.32 Å². The van der Waals surface area contributed by atoms with Crippen LogP contribution in [0.4, 0.5) is 0 Å². The van der Waals surface area contributed by atoms with Crippen LogP contribution in [0.15, 0.2) is 48.7 Å². The van der Waals surface area contributed by atoms with Crippen LogP contribution in [0.3, 0.4) is 0 Å². The third kappa shape index (κ3) is 3.76. The van der Waals surface area contributed by atoms with Gasteiger partial charge in [0.05, 0.1) is 30.0 Å². The molecule has 5 nitrogen and oxygen atoms in total. The second-order valence-electron chi connectivity index (χ2n) is 6.12. The number of nitrogens with zero attached hydrogens (tertiary/aromatic N) is 3. The summed E-state index contributed by atoms with van der Waals surface area (Å²) in [4.78, 5) is 16.7. The van der Waals surface area contributed by atoms with Gasteiger partial charge < -0.3 is 5.32 Å². The Hall–Kier alpha value is -2.95. The van der Waals surface area contributed by atoms with Crippen LogP contribution in [0.5, 0.6) is 0 Å². The maximum atomic E-state index is 12.4. The molecule has 1 amide bonds. The lowest BCUT2D eigenvalue weighted by molar-refractivity contribution is -0.120. The average Bonchev–Trinajstić information content (AvgIpc) is 2.90. The van der Waals surface area contributed by atoms with Crippen LogP contribution in [-0.2, 0) is 17.8 Å². The molecule has 0 aliphatic rings.